The third-order valence-electron chi connectivity index (χ3n) is 0.787. The van der Waals surface area contributed by atoms with Crippen molar-refractivity contribution in [2.24, 2.45) is 0 Å². The molecule has 11 heavy (non-hydrogen) atoms. The molecule has 7 heteroatoms. The minimum Gasteiger partial charge on any atom is -0.464 e. The average Bonchev–Trinajstić information content (AvgIpc) is 1.79. The highest BCUT2D eigenvalue weighted by Crippen LogP contribution is 1.96. The van der Waals surface area contributed by atoms with Gasteiger partial charge in [-0.25, -0.2) is 4.79 Å². The molecule has 0 aromatic rings. The number of nitrogens with zero attached hydrogens (tertiary/aromatic N) is 1. The minimum atomic E-state index is -4.66. The quantitative estimate of drug-likeness (QED) is 0.470. The van der Waals surface area contributed by atoms with Crippen LogP contribution in [0, 0.1) is 0 Å². The van der Waals surface area contributed by atoms with Gasteiger partial charge in [-0.3, -0.25) is 4.55 Å². The predicted octanol–water partition coefficient (Wildman–Crippen LogP) is -0.0448. The van der Waals surface area contributed by atoms with Crippen LogP contribution in [0.4, 0.5) is 4.79 Å². The number of hydrogen-bond acceptors (Lipinski definition) is 3. The van der Waals surface area contributed by atoms with E-state index in [1.807, 2.05) is 0 Å². The molecule has 1 amide bonds. The first kappa shape index (κ1) is 9.92. The summed E-state index contributed by atoms with van der Waals surface area (Å²) in [4.78, 5) is 10.1. The van der Waals surface area contributed by atoms with E-state index in [1.165, 1.54) is 0 Å². The van der Waals surface area contributed by atoms with Crippen molar-refractivity contribution < 1.29 is 22.9 Å². The molecule has 0 aliphatic carbocycles. The summed E-state index contributed by atoms with van der Waals surface area (Å²) in [6.07, 6.45) is -0.700. The second-order valence-electron chi connectivity index (χ2n) is 1.58. The van der Waals surface area contributed by atoms with Crippen LogP contribution >= 0.6 is 0 Å². The molecule has 64 valence electrons. The van der Waals surface area contributed by atoms with Crippen molar-refractivity contribution >= 4 is 16.4 Å². The van der Waals surface area contributed by atoms with Crippen LogP contribution in [0.15, 0.2) is 12.7 Å². The molecule has 0 saturated carbocycles. The van der Waals surface area contributed by atoms with Crippen LogP contribution in [0.1, 0.15) is 0 Å². The number of rotatable bonds is 3. The fourth-order valence-corrected chi connectivity index (χ4v) is 0.879. The van der Waals surface area contributed by atoms with Gasteiger partial charge in [-0.05, 0) is 0 Å². The monoisotopic (exact) mass is 181 g/mol. The molecule has 0 bridgehead atoms. The molecule has 0 fully saturated rings. The second-order valence-corrected chi connectivity index (χ2v) is 2.92. The Morgan fingerprint density at radius 3 is 2.18 bits per heavy atom. The summed E-state index contributed by atoms with van der Waals surface area (Å²) >= 11 is 0. The van der Waals surface area contributed by atoms with Gasteiger partial charge in [-0.2, -0.15) is 12.7 Å². The van der Waals surface area contributed by atoms with Crippen LogP contribution in [0.3, 0.4) is 0 Å². The van der Waals surface area contributed by atoms with Crippen molar-refractivity contribution in [1.29, 1.82) is 0 Å². The van der Waals surface area contributed by atoms with Crippen molar-refractivity contribution in [1.82, 2.24) is 4.31 Å². The summed E-state index contributed by atoms with van der Waals surface area (Å²) in [5.41, 5.74) is 0. The average molecular weight is 181 g/mol. The minimum absolute atomic E-state index is 0.139. The smallest absolute Gasteiger partial charge is 0.423 e. The summed E-state index contributed by atoms with van der Waals surface area (Å²) in [6, 6.07) is 0. The maximum absolute atomic E-state index is 10.2. The molecule has 0 spiro atoms. The molecule has 0 heterocycles. The molecule has 0 aromatic carbocycles. The van der Waals surface area contributed by atoms with Crippen molar-refractivity contribution in [3.63, 3.8) is 0 Å². The number of hydrogen-bond donors (Lipinski definition) is 2. The van der Waals surface area contributed by atoms with E-state index < -0.39 is 22.9 Å². The Kier molecular flexibility index (Phi) is 3.02. The highest BCUT2D eigenvalue weighted by Gasteiger charge is 2.22. The lowest BCUT2D eigenvalue weighted by atomic mass is 10.6. The molecule has 6 nitrogen and oxygen atoms in total. The van der Waals surface area contributed by atoms with Gasteiger partial charge in [0, 0.05) is 0 Å². The van der Waals surface area contributed by atoms with Crippen molar-refractivity contribution in [2.75, 3.05) is 6.54 Å². The standard InChI is InChI=1S/C4H7NO5S/c1-2-3-5(4(6)7)11(8,9)10/h2H,1,3H2,(H,6,7)(H,8,9,10). The third kappa shape index (κ3) is 3.01. The van der Waals surface area contributed by atoms with E-state index >= 15 is 0 Å². The summed E-state index contributed by atoms with van der Waals surface area (Å²) in [7, 11) is -4.66. The molecule has 0 aliphatic heterocycles. The number of amides is 1. The van der Waals surface area contributed by atoms with Gasteiger partial charge in [-0.1, -0.05) is 6.08 Å². The van der Waals surface area contributed by atoms with E-state index in [0.29, 0.717) is 0 Å². The third-order valence-corrected chi connectivity index (χ3v) is 1.65. The van der Waals surface area contributed by atoms with Crippen LogP contribution < -0.4 is 0 Å². The molecule has 0 rings (SSSR count). The molecule has 0 aromatic heterocycles. The molecule has 2 N–H and O–H groups in total. The topological polar surface area (TPSA) is 94.9 Å². The van der Waals surface area contributed by atoms with Crippen LogP contribution in [0.5, 0.6) is 0 Å². The zero-order valence-electron chi connectivity index (χ0n) is 5.47. The van der Waals surface area contributed by atoms with Crippen LogP contribution in [-0.2, 0) is 10.3 Å². The van der Waals surface area contributed by atoms with Gasteiger partial charge >= 0.3 is 16.4 Å². The Morgan fingerprint density at radius 1 is 1.64 bits per heavy atom. The molecular formula is C4H7NO5S. The summed E-state index contributed by atoms with van der Waals surface area (Å²) < 4.78 is 28.5. The van der Waals surface area contributed by atoms with Crippen molar-refractivity contribution in [3.8, 4) is 0 Å². The highest BCUT2D eigenvalue weighted by molar-refractivity contribution is 7.83. The van der Waals surface area contributed by atoms with E-state index in [0.717, 1.165) is 6.08 Å². The van der Waals surface area contributed by atoms with Crippen LogP contribution in [-0.4, -0.2) is 35.0 Å². The van der Waals surface area contributed by atoms with Gasteiger partial charge in [0.25, 0.3) is 0 Å². The summed E-state index contributed by atoms with van der Waals surface area (Å²) in [5.74, 6) is 0. The first-order valence-corrected chi connectivity index (χ1v) is 3.88. The predicted molar refractivity (Wildman–Crippen MR) is 36.5 cm³/mol. The van der Waals surface area contributed by atoms with E-state index in [1.54, 1.807) is 0 Å². The Morgan fingerprint density at radius 2 is 2.09 bits per heavy atom. The SMILES string of the molecule is C=CCN(C(=O)O)S(=O)(=O)O. The summed E-state index contributed by atoms with van der Waals surface area (Å²) in [5, 5.41) is 8.18. The fraction of sp³-hybridized carbons (Fsp3) is 0.250. The van der Waals surface area contributed by atoms with Gasteiger partial charge < -0.3 is 5.11 Å². The Bertz CT molecular complexity index is 256. The normalized spacial score (nSPS) is 10.6. The Labute approximate surface area is 63.6 Å². The Balaban J connectivity index is 4.62. The van der Waals surface area contributed by atoms with Crippen molar-refractivity contribution in [2.45, 2.75) is 0 Å². The van der Waals surface area contributed by atoms with Gasteiger partial charge in [0.15, 0.2) is 0 Å². The Hall–Kier alpha value is -1.08. The maximum atomic E-state index is 10.2. The molecule has 0 atom stereocenters. The van der Waals surface area contributed by atoms with Crippen LogP contribution in [0.25, 0.3) is 0 Å². The first-order chi connectivity index (χ1) is 4.89. The van der Waals surface area contributed by atoms with E-state index in [2.05, 4.69) is 6.58 Å². The summed E-state index contributed by atoms with van der Waals surface area (Å²) in [6.45, 7) is 2.65. The van der Waals surface area contributed by atoms with E-state index in [9.17, 15) is 13.2 Å². The van der Waals surface area contributed by atoms with Gasteiger partial charge in [0.1, 0.15) is 0 Å². The maximum Gasteiger partial charge on any atom is 0.423 e. The number of carbonyl (C=O) groups is 1. The molecule has 0 aliphatic rings. The van der Waals surface area contributed by atoms with Crippen LogP contribution in [0.2, 0.25) is 0 Å². The lowest BCUT2D eigenvalue weighted by Gasteiger charge is -2.11. The lowest BCUT2D eigenvalue weighted by Crippen LogP contribution is -2.35. The molecule has 0 radical (unpaired) electrons. The molecular weight excluding hydrogens is 174 g/mol. The zero-order chi connectivity index (χ0) is 9.07. The van der Waals surface area contributed by atoms with Gasteiger partial charge in [0.05, 0.1) is 6.54 Å². The highest BCUT2D eigenvalue weighted by atomic mass is 32.2. The molecule has 0 saturated heterocycles. The van der Waals surface area contributed by atoms with Gasteiger partial charge in [-0.15, -0.1) is 6.58 Å². The van der Waals surface area contributed by atoms with Gasteiger partial charge in [0.2, 0.25) is 0 Å². The van der Waals surface area contributed by atoms with E-state index in [-0.39, 0.29) is 4.31 Å². The first-order valence-electron chi connectivity index (χ1n) is 2.48. The second kappa shape index (κ2) is 3.35. The number of carboxylic acid groups (broad SMARTS) is 1. The lowest BCUT2D eigenvalue weighted by molar-refractivity contribution is 0.172. The molecule has 0 unspecified atom stereocenters. The fourth-order valence-electron chi connectivity index (χ4n) is 0.388. The largest absolute Gasteiger partial charge is 0.464 e. The van der Waals surface area contributed by atoms with Crippen molar-refractivity contribution in [3.05, 3.63) is 12.7 Å². The zero-order valence-corrected chi connectivity index (χ0v) is 6.28. The van der Waals surface area contributed by atoms with E-state index in [4.69, 9.17) is 9.66 Å².